The van der Waals surface area contributed by atoms with Crippen LogP contribution in [0.5, 0.6) is 0 Å². The number of nitrogen functional groups attached to an aromatic ring is 1. The minimum Gasteiger partial charge on any atom is -0.384 e. The van der Waals surface area contributed by atoms with Crippen molar-refractivity contribution in [2.24, 2.45) is 5.73 Å². The molecule has 6 heteroatoms. The Bertz CT molecular complexity index is 518. The van der Waals surface area contributed by atoms with Gasteiger partial charge in [0.25, 0.3) is 0 Å². The number of anilines is 1. The molecule has 0 spiro atoms. The largest absolute Gasteiger partial charge is 0.384 e. The summed E-state index contributed by atoms with van der Waals surface area (Å²) in [7, 11) is 0. The van der Waals surface area contributed by atoms with Crippen LogP contribution in [-0.2, 0) is 0 Å². The van der Waals surface area contributed by atoms with E-state index in [2.05, 4.69) is 14.8 Å². The lowest BCUT2D eigenvalue weighted by Crippen LogP contribution is -2.55. The lowest BCUT2D eigenvalue weighted by atomic mass is 9.99. The number of hydrogen-bond donors (Lipinski definition) is 2. The van der Waals surface area contributed by atoms with Crippen LogP contribution in [0.15, 0.2) is 12.3 Å². The van der Waals surface area contributed by atoms with E-state index in [1.807, 2.05) is 0 Å². The smallest absolute Gasteiger partial charge is 0.148 e. The molecule has 1 unspecified atom stereocenters. The molecule has 0 aromatic carbocycles. The van der Waals surface area contributed by atoms with Crippen LogP contribution in [-0.4, -0.2) is 47.9 Å². The van der Waals surface area contributed by atoms with Crippen LogP contribution in [0.4, 0.5) is 5.82 Å². The van der Waals surface area contributed by atoms with Crippen molar-refractivity contribution in [2.75, 3.05) is 31.1 Å². The summed E-state index contributed by atoms with van der Waals surface area (Å²) < 4.78 is 0. The van der Waals surface area contributed by atoms with Crippen LogP contribution in [0.3, 0.4) is 0 Å². The summed E-state index contributed by atoms with van der Waals surface area (Å²) in [5.41, 5.74) is 6.14. The van der Waals surface area contributed by atoms with E-state index >= 15 is 0 Å². The molecular formula is C14H20ClN5. The molecule has 2 aliphatic heterocycles. The van der Waals surface area contributed by atoms with E-state index in [4.69, 9.17) is 22.7 Å². The number of piperidine rings is 1. The fourth-order valence-electron chi connectivity index (χ4n) is 3.21. The predicted molar refractivity (Wildman–Crippen MR) is 81.7 cm³/mol. The zero-order chi connectivity index (χ0) is 14.1. The number of pyridine rings is 1. The summed E-state index contributed by atoms with van der Waals surface area (Å²) in [6, 6.07) is 2.31. The monoisotopic (exact) mass is 293 g/mol. The van der Waals surface area contributed by atoms with Gasteiger partial charge >= 0.3 is 0 Å². The van der Waals surface area contributed by atoms with Gasteiger partial charge in [0, 0.05) is 37.4 Å². The summed E-state index contributed by atoms with van der Waals surface area (Å²) in [5, 5.41) is 8.08. The van der Waals surface area contributed by atoms with Crippen molar-refractivity contribution >= 4 is 23.3 Å². The Morgan fingerprint density at radius 1 is 1.35 bits per heavy atom. The van der Waals surface area contributed by atoms with Gasteiger partial charge < -0.3 is 10.6 Å². The number of amidine groups is 1. The molecule has 20 heavy (non-hydrogen) atoms. The summed E-state index contributed by atoms with van der Waals surface area (Å²) in [5.74, 6) is 0.763. The van der Waals surface area contributed by atoms with Crippen molar-refractivity contribution in [3.05, 3.63) is 22.8 Å². The Hall–Kier alpha value is -1.33. The zero-order valence-corrected chi connectivity index (χ0v) is 12.2. The highest BCUT2D eigenvalue weighted by molar-refractivity contribution is 6.36. The number of nitrogens with zero attached hydrogens (tertiary/aromatic N) is 3. The fraction of sp³-hybridized carbons (Fsp3) is 0.571. The number of hydrogen-bond acceptors (Lipinski definition) is 4. The highest BCUT2D eigenvalue weighted by Crippen LogP contribution is 2.30. The van der Waals surface area contributed by atoms with Crippen molar-refractivity contribution in [3.63, 3.8) is 0 Å². The Balaban J connectivity index is 1.83. The lowest BCUT2D eigenvalue weighted by molar-refractivity contribution is 0.133. The molecule has 0 saturated carbocycles. The van der Waals surface area contributed by atoms with Crippen molar-refractivity contribution in [1.29, 1.82) is 5.41 Å². The Kier molecular flexibility index (Phi) is 3.81. The van der Waals surface area contributed by atoms with Gasteiger partial charge in [-0.25, -0.2) is 4.98 Å². The highest BCUT2D eigenvalue weighted by atomic mass is 35.5. The second kappa shape index (κ2) is 5.58. The molecule has 3 heterocycles. The first kappa shape index (κ1) is 13.6. The van der Waals surface area contributed by atoms with Gasteiger partial charge in [-0.3, -0.25) is 10.3 Å². The number of halogens is 1. The van der Waals surface area contributed by atoms with Crippen LogP contribution >= 0.6 is 11.6 Å². The fourth-order valence-corrected chi connectivity index (χ4v) is 3.54. The maximum atomic E-state index is 7.57. The molecule has 0 bridgehead atoms. The first-order valence-electron chi connectivity index (χ1n) is 7.14. The van der Waals surface area contributed by atoms with Crippen molar-refractivity contribution in [1.82, 2.24) is 9.88 Å². The van der Waals surface area contributed by atoms with Crippen LogP contribution < -0.4 is 10.6 Å². The Morgan fingerprint density at radius 2 is 2.20 bits per heavy atom. The molecule has 2 fully saturated rings. The van der Waals surface area contributed by atoms with Crippen molar-refractivity contribution in [2.45, 2.75) is 25.3 Å². The SMILES string of the molecule is N=C(N)c1ccnc(N2CCN3CCCCC3C2)c1Cl. The van der Waals surface area contributed by atoms with E-state index in [0.29, 0.717) is 16.6 Å². The zero-order valence-electron chi connectivity index (χ0n) is 11.5. The third-order valence-corrected chi connectivity index (χ3v) is 4.67. The number of aromatic nitrogens is 1. The average molecular weight is 294 g/mol. The minimum atomic E-state index is -0.00467. The maximum absolute atomic E-state index is 7.57. The standard InChI is InChI=1S/C14H20ClN5/c15-12-11(13(16)17)4-5-18-14(12)20-8-7-19-6-2-1-3-10(19)9-20/h4-5,10H,1-3,6-9H2,(H3,16,17). The summed E-state index contributed by atoms with van der Waals surface area (Å²) >= 11 is 6.37. The van der Waals surface area contributed by atoms with E-state index in [-0.39, 0.29) is 5.84 Å². The molecule has 5 nitrogen and oxygen atoms in total. The summed E-state index contributed by atoms with van der Waals surface area (Å²) in [6.45, 7) is 4.18. The van der Waals surface area contributed by atoms with Crippen molar-refractivity contribution < 1.29 is 0 Å². The molecule has 0 aliphatic carbocycles. The molecule has 2 saturated heterocycles. The quantitative estimate of drug-likeness (QED) is 0.643. The predicted octanol–water partition coefficient (Wildman–Crippen LogP) is 1.69. The highest BCUT2D eigenvalue weighted by Gasteiger charge is 2.30. The van der Waals surface area contributed by atoms with E-state index < -0.39 is 0 Å². The molecule has 2 aliphatic rings. The molecule has 3 N–H and O–H groups in total. The van der Waals surface area contributed by atoms with E-state index in [1.165, 1.54) is 25.8 Å². The molecule has 108 valence electrons. The number of nitrogens with one attached hydrogen (secondary N) is 1. The van der Waals surface area contributed by atoms with E-state index in [9.17, 15) is 0 Å². The third kappa shape index (κ3) is 2.47. The van der Waals surface area contributed by atoms with Gasteiger partial charge in [-0.1, -0.05) is 18.0 Å². The minimum absolute atomic E-state index is 0.00467. The van der Waals surface area contributed by atoms with Crippen LogP contribution in [0.2, 0.25) is 5.02 Å². The summed E-state index contributed by atoms with van der Waals surface area (Å²) in [4.78, 5) is 9.22. The first-order chi connectivity index (χ1) is 9.66. The summed E-state index contributed by atoms with van der Waals surface area (Å²) in [6.07, 6.45) is 5.56. The topological polar surface area (TPSA) is 69.2 Å². The number of piperazine rings is 1. The number of nitrogens with two attached hydrogens (primary N) is 1. The van der Waals surface area contributed by atoms with Gasteiger partial charge in [0.1, 0.15) is 11.7 Å². The normalized spacial score (nSPS) is 23.4. The van der Waals surface area contributed by atoms with Crippen LogP contribution in [0, 0.1) is 5.41 Å². The number of rotatable bonds is 2. The lowest BCUT2D eigenvalue weighted by Gasteiger charge is -2.44. The van der Waals surface area contributed by atoms with Gasteiger partial charge in [-0.2, -0.15) is 0 Å². The van der Waals surface area contributed by atoms with Gasteiger partial charge in [0.05, 0.1) is 5.02 Å². The first-order valence-corrected chi connectivity index (χ1v) is 7.52. The van der Waals surface area contributed by atoms with Gasteiger partial charge in [0.15, 0.2) is 0 Å². The Morgan fingerprint density at radius 3 is 3.00 bits per heavy atom. The molecule has 0 radical (unpaired) electrons. The van der Waals surface area contributed by atoms with Crippen molar-refractivity contribution in [3.8, 4) is 0 Å². The molecule has 1 aromatic rings. The second-order valence-corrected chi connectivity index (χ2v) is 5.92. The van der Waals surface area contributed by atoms with Gasteiger partial charge in [-0.05, 0) is 25.5 Å². The van der Waals surface area contributed by atoms with Gasteiger partial charge in [0.2, 0.25) is 0 Å². The van der Waals surface area contributed by atoms with Crippen LogP contribution in [0.25, 0.3) is 0 Å². The second-order valence-electron chi connectivity index (χ2n) is 5.54. The Labute approximate surface area is 124 Å². The molecule has 1 atom stereocenters. The van der Waals surface area contributed by atoms with Gasteiger partial charge in [-0.15, -0.1) is 0 Å². The average Bonchev–Trinajstić information content (AvgIpc) is 2.46. The molecule has 3 rings (SSSR count). The van der Waals surface area contributed by atoms with E-state index in [1.54, 1.807) is 12.3 Å². The van der Waals surface area contributed by atoms with E-state index in [0.717, 1.165) is 25.5 Å². The molecule has 0 amide bonds. The maximum Gasteiger partial charge on any atom is 0.148 e. The molecule has 1 aromatic heterocycles. The molecular weight excluding hydrogens is 274 g/mol. The number of fused-ring (bicyclic) bond motifs is 1. The third-order valence-electron chi connectivity index (χ3n) is 4.30. The van der Waals surface area contributed by atoms with Crippen LogP contribution in [0.1, 0.15) is 24.8 Å².